The van der Waals surface area contributed by atoms with E-state index in [-0.39, 0.29) is 22.8 Å². The van der Waals surface area contributed by atoms with Crippen LogP contribution in [0.25, 0.3) is 0 Å². The van der Waals surface area contributed by atoms with Crippen LogP contribution in [0.15, 0.2) is 29.2 Å². The number of hydrogen-bond donors (Lipinski definition) is 2. The predicted octanol–water partition coefficient (Wildman–Crippen LogP) is 2.26. The van der Waals surface area contributed by atoms with Gasteiger partial charge in [-0.1, -0.05) is 31.5 Å². The van der Waals surface area contributed by atoms with Crippen LogP contribution in [0.1, 0.15) is 26.7 Å². The summed E-state index contributed by atoms with van der Waals surface area (Å²) >= 11 is 5.74. The molecule has 1 aromatic carbocycles. The average molecular weight is 306 g/mol. The lowest BCUT2D eigenvalue weighted by molar-refractivity contribution is -0.144. The maximum atomic E-state index is 12.2. The third-order valence-electron chi connectivity index (χ3n) is 3.05. The van der Waals surface area contributed by atoms with Gasteiger partial charge in [0.15, 0.2) is 0 Å². The zero-order valence-corrected chi connectivity index (χ0v) is 12.3. The van der Waals surface area contributed by atoms with Crippen molar-refractivity contribution in [2.45, 2.75) is 37.1 Å². The second kappa shape index (κ2) is 5.90. The molecule has 1 aromatic rings. The number of carbonyl (C=O) groups is 1. The number of carboxylic acids is 1. The topological polar surface area (TPSA) is 83.5 Å². The molecule has 0 saturated carbocycles. The van der Waals surface area contributed by atoms with E-state index in [0.29, 0.717) is 0 Å². The van der Waals surface area contributed by atoms with E-state index in [1.165, 1.54) is 18.2 Å². The summed E-state index contributed by atoms with van der Waals surface area (Å²) in [6.45, 7) is 3.25. The molecule has 0 bridgehead atoms. The van der Waals surface area contributed by atoms with Crippen molar-refractivity contribution in [3.8, 4) is 0 Å². The van der Waals surface area contributed by atoms with Gasteiger partial charge in [0.05, 0.1) is 4.90 Å². The Balaban J connectivity index is 3.18. The molecule has 0 radical (unpaired) electrons. The van der Waals surface area contributed by atoms with E-state index in [9.17, 15) is 18.3 Å². The molecule has 0 aromatic heterocycles. The molecule has 19 heavy (non-hydrogen) atoms. The molecule has 5 nitrogen and oxygen atoms in total. The van der Waals surface area contributed by atoms with E-state index in [2.05, 4.69) is 4.72 Å². The van der Waals surface area contributed by atoms with Crippen molar-refractivity contribution in [3.63, 3.8) is 0 Å². The number of benzene rings is 1. The third-order valence-corrected chi connectivity index (χ3v) is 4.82. The van der Waals surface area contributed by atoms with Gasteiger partial charge in [-0.05, 0) is 31.0 Å². The van der Waals surface area contributed by atoms with Crippen LogP contribution in [-0.2, 0) is 14.8 Å². The Morgan fingerprint density at radius 3 is 2.37 bits per heavy atom. The molecule has 0 unspecified atom stereocenters. The smallest absolute Gasteiger partial charge is 0.324 e. The standard InChI is InChI=1S/C12H16ClNO4S/c1-3-12(4-2,11(15)16)14-19(17,18)10-7-5-6-9(13)8-10/h5-8,14H,3-4H2,1-2H3,(H,15,16). The van der Waals surface area contributed by atoms with Crippen molar-refractivity contribution >= 4 is 27.6 Å². The van der Waals surface area contributed by atoms with E-state index < -0.39 is 21.5 Å². The van der Waals surface area contributed by atoms with Crippen molar-refractivity contribution in [2.75, 3.05) is 0 Å². The molecule has 0 aliphatic rings. The number of rotatable bonds is 6. The average Bonchev–Trinajstić information content (AvgIpc) is 2.35. The lowest BCUT2D eigenvalue weighted by Crippen LogP contribution is -2.53. The van der Waals surface area contributed by atoms with Gasteiger partial charge >= 0.3 is 5.97 Å². The largest absolute Gasteiger partial charge is 0.480 e. The first-order valence-corrected chi connectivity index (χ1v) is 7.66. The summed E-state index contributed by atoms with van der Waals surface area (Å²) < 4.78 is 26.6. The van der Waals surface area contributed by atoms with Gasteiger partial charge in [0.1, 0.15) is 5.54 Å². The minimum Gasteiger partial charge on any atom is -0.480 e. The molecule has 0 atom stereocenters. The quantitative estimate of drug-likeness (QED) is 0.844. The van der Waals surface area contributed by atoms with Crippen LogP contribution in [0, 0.1) is 0 Å². The van der Waals surface area contributed by atoms with Gasteiger partial charge in [-0.15, -0.1) is 0 Å². The number of aliphatic carboxylic acids is 1. The second-order valence-electron chi connectivity index (χ2n) is 4.16. The number of nitrogens with one attached hydrogen (secondary N) is 1. The first-order valence-electron chi connectivity index (χ1n) is 5.80. The summed E-state index contributed by atoms with van der Waals surface area (Å²) in [6, 6.07) is 5.69. The lowest BCUT2D eigenvalue weighted by atomic mass is 9.95. The maximum absolute atomic E-state index is 12.2. The fourth-order valence-electron chi connectivity index (χ4n) is 1.69. The van der Waals surface area contributed by atoms with E-state index in [1.54, 1.807) is 19.9 Å². The Bertz CT molecular complexity index is 567. The molecule has 106 valence electrons. The van der Waals surface area contributed by atoms with Crippen LogP contribution in [0.4, 0.5) is 0 Å². The van der Waals surface area contributed by atoms with Crippen LogP contribution in [0.5, 0.6) is 0 Å². The van der Waals surface area contributed by atoms with Crippen LogP contribution in [-0.4, -0.2) is 25.0 Å². The van der Waals surface area contributed by atoms with Crippen LogP contribution < -0.4 is 4.72 Å². The molecular formula is C12H16ClNO4S. The fourth-order valence-corrected chi connectivity index (χ4v) is 3.49. The highest BCUT2D eigenvalue weighted by atomic mass is 35.5. The van der Waals surface area contributed by atoms with E-state index in [1.807, 2.05) is 0 Å². The van der Waals surface area contributed by atoms with Crippen molar-refractivity contribution in [1.29, 1.82) is 0 Å². The number of halogens is 1. The maximum Gasteiger partial charge on any atom is 0.324 e. The van der Waals surface area contributed by atoms with Crippen LogP contribution in [0.3, 0.4) is 0 Å². The molecule has 0 aliphatic heterocycles. The fraction of sp³-hybridized carbons (Fsp3) is 0.417. The highest BCUT2D eigenvalue weighted by molar-refractivity contribution is 7.89. The van der Waals surface area contributed by atoms with E-state index in [0.717, 1.165) is 0 Å². The summed E-state index contributed by atoms with van der Waals surface area (Å²) in [5.41, 5.74) is -1.50. The van der Waals surface area contributed by atoms with Gasteiger partial charge in [0.2, 0.25) is 10.0 Å². The molecule has 0 fully saturated rings. The number of hydrogen-bond acceptors (Lipinski definition) is 3. The SMILES string of the molecule is CCC(CC)(NS(=O)(=O)c1cccc(Cl)c1)C(=O)O. The van der Waals surface area contributed by atoms with Crippen molar-refractivity contribution in [3.05, 3.63) is 29.3 Å². The predicted molar refractivity (Wildman–Crippen MR) is 72.7 cm³/mol. The van der Waals surface area contributed by atoms with Gasteiger partial charge in [0, 0.05) is 5.02 Å². The molecule has 0 saturated heterocycles. The summed E-state index contributed by atoms with van der Waals surface area (Å²) in [7, 11) is -3.92. The van der Waals surface area contributed by atoms with E-state index in [4.69, 9.17) is 11.6 Å². The normalized spacial score (nSPS) is 12.4. The van der Waals surface area contributed by atoms with Gasteiger partial charge < -0.3 is 5.11 Å². The molecular weight excluding hydrogens is 290 g/mol. The highest BCUT2D eigenvalue weighted by Gasteiger charge is 2.39. The Hall–Kier alpha value is -1.11. The zero-order chi connectivity index (χ0) is 14.7. The Morgan fingerprint density at radius 1 is 1.37 bits per heavy atom. The zero-order valence-electron chi connectivity index (χ0n) is 10.7. The van der Waals surface area contributed by atoms with Crippen molar-refractivity contribution < 1.29 is 18.3 Å². The Kier molecular flexibility index (Phi) is 4.95. The molecule has 0 spiro atoms. The van der Waals surface area contributed by atoms with Gasteiger partial charge in [-0.25, -0.2) is 8.42 Å². The second-order valence-corrected chi connectivity index (χ2v) is 6.28. The van der Waals surface area contributed by atoms with Crippen molar-refractivity contribution in [1.82, 2.24) is 4.72 Å². The van der Waals surface area contributed by atoms with Crippen LogP contribution in [0.2, 0.25) is 5.02 Å². The molecule has 0 amide bonds. The van der Waals surface area contributed by atoms with Gasteiger partial charge in [-0.2, -0.15) is 4.72 Å². The van der Waals surface area contributed by atoms with Crippen molar-refractivity contribution in [2.24, 2.45) is 0 Å². The van der Waals surface area contributed by atoms with E-state index >= 15 is 0 Å². The third kappa shape index (κ3) is 3.46. The van der Waals surface area contributed by atoms with Crippen LogP contribution >= 0.6 is 11.6 Å². The minimum atomic E-state index is -3.92. The number of sulfonamides is 1. The first kappa shape index (κ1) is 15.9. The molecule has 7 heteroatoms. The lowest BCUT2D eigenvalue weighted by Gasteiger charge is -2.27. The Labute approximate surface area is 117 Å². The Morgan fingerprint density at radius 2 is 1.95 bits per heavy atom. The summed E-state index contributed by atoms with van der Waals surface area (Å²) in [6.07, 6.45) is 0.303. The summed E-state index contributed by atoms with van der Waals surface area (Å²) in [4.78, 5) is 11.3. The molecule has 1 rings (SSSR count). The highest BCUT2D eigenvalue weighted by Crippen LogP contribution is 2.21. The molecule has 0 aliphatic carbocycles. The number of carboxylic acid groups (broad SMARTS) is 1. The first-order chi connectivity index (χ1) is 8.77. The minimum absolute atomic E-state index is 0.0486. The monoisotopic (exact) mass is 305 g/mol. The molecule has 2 N–H and O–H groups in total. The van der Waals surface area contributed by atoms with Gasteiger partial charge in [-0.3, -0.25) is 4.79 Å². The summed E-state index contributed by atoms with van der Waals surface area (Å²) in [5.74, 6) is -1.19. The van der Waals surface area contributed by atoms with Gasteiger partial charge in [0.25, 0.3) is 0 Å². The molecule has 0 heterocycles. The summed E-state index contributed by atoms with van der Waals surface area (Å²) in [5, 5.41) is 9.51.